The summed E-state index contributed by atoms with van der Waals surface area (Å²) in [5.74, 6) is 1.45. The maximum atomic E-state index is 13.2. The van der Waals surface area contributed by atoms with Crippen molar-refractivity contribution >= 4 is 34.1 Å². The Morgan fingerprint density at radius 3 is 2.62 bits per heavy atom. The van der Waals surface area contributed by atoms with Gasteiger partial charge in [-0.1, -0.05) is 41.9 Å². The van der Waals surface area contributed by atoms with Crippen molar-refractivity contribution in [3.8, 4) is 17.2 Å². The fourth-order valence-electron chi connectivity index (χ4n) is 4.51. The maximum absolute atomic E-state index is 13.2. The van der Waals surface area contributed by atoms with Crippen LogP contribution >= 0.6 is 11.6 Å². The SMILES string of the molecule is Cc1c(CN2CCOCCOc3ccccc3Oc3ccc(Cl)cc3NC(=O)C2)[nH]c2c(C)cccc12. The number of rotatable bonds is 2. The molecular formula is C29H30ClN3O4. The second-order valence-corrected chi connectivity index (χ2v) is 9.57. The van der Waals surface area contributed by atoms with E-state index in [9.17, 15) is 4.79 Å². The third-order valence-electron chi connectivity index (χ3n) is 6.48. The summed E-state index contributed by atoms with van der Waals surface area (Å²) in [7, 11) is 0. The Hall–Kier alpha value is -3.52. The third kappa shape index (κ3) is 5.91. The molecule has 37 heavy (non-hydrogen) atoms. The Morgan fingerprint density at radius 1 is 0.946 bits per heavy atom. The molecule has 5 rings (SSSR count). The van der Waals surface area contributed by atoms with Crippen molar-refractivity contribution in [1.29, 1.82) is 0 Å². The molecule has 2 heterocycles. The highest BCUT2D eigenvalue weighted by atomic mass is 35.5. The van der Waals surface area contributed by atoms with Gasteiger partial charge in [0.25, 0.3) is 0 Å². The first-order chi connectivity index (χ1) is 18.0. The van der Waals surface area contributed by atoms with E-state index in [-0.39, 0.29) is 12.5 Å². The van der Waals surface area contributed by atoms with Gasteiger partial charge in [-0.25, -0.2) is 0 Å². The zero-order valence-electron chi connectivity index (χ0n) is 21.0. The maximum Gasteiger partial charge on any atom is 0.238 e. The third-order valence-corrected chi connectivity index (χ3v) is 6.71. The zero-order chi connectivity index (χ0) is 25.8. The highest BCUT2D eigenvalue weighted by molar-refractivity contribution is 6.31. The van der Waals surface area contributed by atoms with Crippen LogP contribution in [0.15, 0.2) is 60.7 Å². The van der Waals surface area contributed by atoms with Crippen LogP contribution < -0.4 is 14.8 Å². The Labute approximate surface area is 221 Å². The molecule has 0 radical (unpaired) electrons. The van der Waals surface area contributed by atoms with Crippen molar-refractivity contribution in [3.05, 3.63) is 82.5 Å². The molecule has 1 aromatic heterocycles. The lowest BCUT2D eigenvalue weighted by Crippen LogP contribution is -2.35. The number of halogens is 1. The number of aromatic nitrogens is 1. The summed E-state index contributed by atoms with van der Waals surface area (Å²) in [6.07, 6.45) is 0. The number of H-pyrrole nitrogens is 1. The first-order valence-electron chi connectivity index (χ1n) is 12.3. The predicted molar refractivity (Wildman–Crippen MR) is 146 cm³/mol. The molecule has 1 amide bonds. The number of para-hydroxylation sites is 3. The smallest absolute Gasteiger partial charge is 0.238 e. The van der Waals surface area contributed by atoms with Crippen LogP contribution in [0, 0.1) is 13.8 Å². The van der Waals surface area contributed by atoms with Crippen molar-refractivity contribution in [1.82, 2.24) is 9.88 Å². The number of ether oxygens (including phenoxy) is 3. The number of aryl methyl sites for hydroxylation is 2. The molecule has 192 valence electrons. The molecule has 0 unspecified atom stereocenters. The monoisotopic (exact) mass is 519 g/mol. The molecule has 0 saturated carbocycles. The average Bonchev–Trinajstić information content (AvgIpc) is 3.19. The van der Waals surface area contributed by atoms with Crippen LogP contribution in [0.2, 0.25) is 5.02 Å². The molecule has 0 aliphatic carbocycles. The van der Waals surface area contributed by atoms with E-state index in [1.165, 1.54) is 16.5 Å². The van der Waals surface area contributed by atoms with Gasteiger partial charge < -0.3 is 24.5 Å². The molecule has 1 aliphatic rings. The number of aromatic amines is 1. The van der Waals surface area contributed by atoms with E-state index in [0.29, 0.717) is 60.9 Å². The van der Waals surface area contributed by atoms with Crippen LogP contribution in [0.5, 0.6) is 17.2 Å². The van der Waals surface area contributed by atoms with Gasteiger partial charge in [0.15, 0.2) is 17.2 Å². The molecule has 3 aromatic carbocycles. The highest BCUT2D eigenvalue weighted by Gasteiger charge is 2.18. The summed E-state index contributed by atoms with van der Waals surface area (Å²) in [6, 6.07) is 18.9. The minimum absolute atomic E-state index is 0.170. The van der Waals surface area contributed by atoms with Crippen molar-refractivity contribution in [2.24, 2.45) is 0 Å². The number of carbonyl (C=O) groups excluding carboxylic acids is 1. The Balaban J connectivity index is 1.41. The molecule has 0 atom stereocenters. The van der Waals surface area contributed by atoms with Gasteiger partial charge in [-0.2, -0.15) is 0 Å². The topological polar surface area (TPSA) is 75.8 Å². The average molecular weight is 520 g/mol. The van der Waals surface area contributed by atoms with Gasteiger partial charge in [0, 0.05) is 34.7 Å². The molecule has 7 nitrogen and oxygen atoms in total. The van der Waals surface area contributed by atoms with Crippen LogP contribution in [0.25, 0.3) is 10.9 Å². The molecule has 4 aromatic rings. The van der Waals surface area contributed by atoms with E-state index in [0.717, 1.165) is 11.2 Å². The minimum Gasteiger partial charge on any atom is -0.487 e. The second-order valence-electron chi connectivity index (χ2n) is 9.13. The van der Waals surface area contributed by atoms with E-state index in [4.69, 9.17) is 25.8 Å². The van der Waals surface area contributed by atoms with E-state index in [1.54, 1.807) is 18.2 Å². The first-order valence-corrected chi connectivity index (χ1v) is 12.7. The van der Waals surface area contributed by atoms with Crippen LogP contribution in [0.3, 0.4) is 0 Å². The highest BCUT2D eigenvalue weighted by Crippen LogP contribution is 2.36. The molecule has 2 N–H and O–H groups in total. The van der Waals surface area contributed by atoms with Crippen LogP contribution in [0.1, 0.15) is 16.8 Å². The number of nitrogens with zero attached hydrogens (tertiary/aromatic N) is 1. The van der Waals surface area contributed by atoms with Gasteiger partial charge in [0.2, 0.25) is 5.91 Å². The largest absolute Gasteiger partial charge is 0.487 e. The van der Waals surface area contributed by atoms with E-state index >= 15 is 0 Å². The van der Waals surface area contributed by atoms with Gasteiger partial charge in [-0.3, -0.25) is 9.69 Å². The Morgan fingerprint density at radius 2 is 1.78 bits per heavy atom. The normalized spacial score (nSPS) is 15.5. The lowest BCUT2D eigenvalue weighted by molar-refractivity contribution is -0.117. The summed E-state index contributed by atoms with van der Waals surface area (Å²) in [5, 5.41) is 4.69. The lowest BCUT2D eigenvalue weighted by Gasteiger charge is -2.22. The summed E-state index contributed by atoms with van der Waals surface area (Å²) in [4.78, 5) is 18.9. The van der Waals surface area contributed by atoms with Gasteiger partial charge in [0.1, 0.15) is 6.61 Å². The van der Waals surface area contributed by atoms with E-state index < -0.39 is 0 Å². The van der Waals surface area contributed by atoms with E-state index in [1.807, 2.05) is 24.3 Å². The van der Waals surface area contributed by atoms with Crippen LogP contribution in [-0.2, 0) is 16.1 Å². The number of carbonyl (C=O) groups is 1. The van der Waals surface area contributed by atoms with Crippen molar-refractivity contribution in [3.63, 3.8) is 0 Å². The molecule has 0 bridgehead atoms. The summed E-state index contributed by atoms with van der Waals surface area (Å²) >= 11 is 6.26. The molecule has 8 heteroatoms. The van der Waals surface area contributed by atoms with Crippen LogP contribution in [-0.4, -0.2) is 48.7 Å². The van der Waals surface area contributed by atoms with Crippen molar-refractivity contribution in [2.45, 2.75) is 20.4 Å². The number of hydrogen-bond donors (Lipinski definition) is 2. The van der Waals surface area contributed by atoms with Crippen LogP contribution in [0.4, 0.5) is 5.69 Å². The number of fused-ring (bicyclic) bond motifs is 3. The lowest BCUT2D eigenvalue weighted by atomic mass is 10.1. The van der Waals surface area contributed by atoms with Gasteiger partial charge >= 0.3 is 0 Å². The molecular weight excluding hydrogens is 490 g/mol. The second kappa shape index (κ2) is 11.3. The number of benzene rings is 3. The number of anilines is 1. The quantitative estimate of drug-likeness (QED) is 0.335. The zero-order valence-corrected chi connectivity index (χ0v) is 21.7. The molecule has 0 spiro atoms. The predicted octanol–water partition coefficient (Wildman–Crippen LogP) is 6.08. The number of amides is 1. The standard InChI is InChI=1S/C29H30ClN3O4/c1-19-6-5-7-22-20(2)24(32-29(19)22)17-33-12-13-35-14-15-36-26-8-3-4-9-27(26)37-25-11-10-21(30)16-23(25)31-28(34)18-33/h3-11,16,32H,12-15,17-18H2,1-2H3,(H,31,34). The number of hydrogen-bond acceptors (Lipinski definition) is 5. The van der Waals surface area contributed by atoms with Crippen molar-refractivity contribution in [2.75, 3.05) is 38.2 Å². The molecule has 0 fully saturated rings. The van der Waals surface area contributed by atoms with E-state index in [2.05, 4.69) is 47.2 Å². The van der Waals surface area contributed by atoms with Gasteiger partial charge in [-0.05, 0) is 55.3 Å². The molecule has 1 aliphatic heterocycles. The van der Waals surface area contributed by atoms with Gasteiger partial charge in [0.05, 0.1) is 25.4 Å². The fourth-order valence-corrected chi connectivity index (χ4v) is 4.68. The number of nitrogens with one attached hydrogen (secondary N) is 2. The molecule has 0 saturated heterocycles. The fraction of sp³-hybridized carbons (Fsp3) is 0.276. The Kier molecular flexibility index (Phi) is 7.65. The van der Waals surface area contributed by atoms with Crippen molar-refractivity contribution < 1.29 is 19.0 Å². The summed E-state index contributed by atoms with van der Waals surface area (Å²) in [6.45, 7) is 6.82. The Bertz CT molecular complexity index is 1420. The van der Waals surface area contributed by atoms with Gasteiger partial charge in [-0.15, -0.1) is 0 Å². The first kappa shape index (κ1) is 25.1. The summed E-state index contributed by atoms with van der Waals surface area (Å²) < 4.78 is 17.9. The summed E-state index contributed by atoms with van der Waals surface area (Å²) in [5.41, 5.74) is 5.09. The minimum atomic E-state index is -0.170.